The Bertz CT molecular complexity index is 1030. The molecule has 0 spiro atoms. The van der Waals surface area contributed by atoms with Crippen molar-refractivity contribution < 1.29 is 23.9 Å². The van der Waals surface area contributed by atoms with Crippen LogP contribution in [0, 0.1) is 17.3 Å². The second kappa shape index (κ2) is 9.00. The molecule has 0 aromatic heterocycles. The van der Waals surface area contributed by atoms with Gasteiger partial charge in [-0.2, -0.15) is 0 Å². The zero-order valence-electron chi connectivity index (χ0n) is 19.3. The number of carbonyl (C=O) groups excluding carboxylic acids is 3. The van der Waals surface area contributed by atoms with Crippen LogP contribution in [0.15, 0.2) is 66.3 Å². The van der Waals surface area contributed by atoms with Gasteiger partial charge in [0.05, 0.1) is 16.7 Å². The molecule has 0 unspecified atom stereocenters. The highest BCUT2D eigenvalue weighted by Gasteiger charge is 2.54. The van der Waals surface area contributed by atoms with Crippen molar-refractivity contribution in [3.63, 3.8) is 0 Å². The molecule has 1 aromatic carbocycles. The normalized spacial score (nSPS) is 31.9. The number of cyclic esters (lactones) is 1. The Kier molecular flexibility index (Phi) is 6.28. The zero-order valence-corrected chi connectivity index (χ0v) is 19.3. The molecule has 4 rings (SSSR count). The van der Waals surface area contributed by atoms with E-state index >= 15 is 0 Å². The minimum absolute atomic E-state index is 0.0117. The van der Waals surface area contributed by atoms with Crippen LogP contribution in [0.5, 0.6) is 0 Å². The molecule has 3 aliphatic rings. The molecule has 4 atom stereocenters. The van der Waals surface area contributed by atoms with Crippen molar-refractivity contribution in [1.82, 2.24) is 5.32 Å². The lowest BCUT2D eigenvalue weighted by atomic mass is 9.53. The topological polar surface area (TPSA) is 81.7 Å². The molecule has 2 aliphatic heterocycles. The van der Waals surface area contributed by atoms with Crippen LogP contribution >= 0.6 is 0 Å². The first-order valence-corrected chi connectivity index (χ1v) is 11.5. The van der Waals surface area contributed by atoms with Gasteiger partial charge < -0.3 is 14.8 Å². The van der Waals surface area contributed by atoms with E-state index in [0.29, 0.717) is 30.6 Å². The minimum atomic E-state index is -0.717. The second-order valence-corrected chi connectivity index (χ2v) is 9.76. The Hall–Kier alpha value is -3.15. The van der Waals surface area contributed by atoms with Gasteiger partial charge in [-0.05, 0) is 55.7 Å². The molecule has 2 fully saturated rings. The van der Waals surface area contributed by atoms with Crippen LogP contribution < -0.4 is 5.32 Å². The summed E-state index contributed by atoms with van der Waals surface area (Å²) in [5, 5.41) is 3.17. The van der Waals surface area contributed by atoms with Crippen LogP contribution in [0.1, 0.15) is 49.9 Å². The Morgan fingerprint density at radius 1 is 1.24 bits per heavy atom. The average Bonchev–Trinajstić information content (AvgIpc) is 3.17. The van der Waals surface area contributed by atoms with E-state index in [1.807, 2.05) is 25.1 Å². The lowest BCUT2D eigenvalue weighted by Crippen LogP contribution is -2.59. The molecule has 2 heterocycles. The number of hydrogen-bond donors (Lipinski definition) is 1. The highest BCUT2D eigenvalue weighted by atomic mass is 16.5. The zero-order chi connectivity index (χ0) is 23.6. The summed E-state index contributed by atoms with van der Waals surface area (Å²) in [4.78, 5) is 37.2. The maximum absolute atomic E-state index is 12.7. The van der Waals surface area contributed by atoms with Crippen molar-refractivity contribution >= 4 is 17.8 Å². The van der Waals surface area contributed by atoms with E-state index in [1.54, 1.807) is 30.3 Å². The maximum Gasteiger partial charge on any atom is 0.338 e. The van der Waals surface area contributed by atoms with Gasteiger partial charge in [0.25, 0.3) is 0 Å². The number of fused-ring (bicyclic) bond motifs is 1. The molecule has 1 aliphatic carbocycles. The van der Waals surface area contributed by atoms with Gasteiger partial charge in [0.15, 0.2) is 0 Å². The first kappa shape index (κ1) is 23.0. The summed E-state index contributed by atoms with van der Waals surface area (Å²) < 4.78 is 10.7. The predicted octanol–water partition coefficient (Wildman–Crippen LogP) is 4.14. The molecule has 174 valence electrons. The highest BCUT2D eigenvalue weighted by Crippen LogP contribution is 2.55. The third-order valence-electron chi connectivity index (χ3n) is 7.52. The number of rotatable bonds is 5. The van der Waals surface area contributed by atoms with Crippen molar-refractivity contribution in [2.45, 2.75) is 45.1 Å². The number of benzene rings is 1. The molecule has 0 bridgehead atoms. The van der Waals surface area contributed by atoms with E-state index in [2.05, 4.69) is 18.8 Å². The molecule has 1 amide bonds. The summed E-state index contributed by atoms with van der Waals surface area (Å²) in [6.45, 7) is 8.88. The van der Waals surface area contributed by atoms with Crippen molar-refractivity contribution in [1.29, 1.82) is 0 Å². The number of allylic oxidation sites excluding steroid dienone is 2. The second-order valence-electron chi connectivity index (χ2n) is 9.76. The Morgan fingerprint density at radius 3 is 2.70 bits per heavy atom. The van der Waals surface area contributed by atoms with E-state index in [1.165, 1.54) is 0 Å². The van der Waals surface area contributed by atoms with Gasteiger partial charge in [-0.15, -0.1) is 0 Å². The standard InChI is InChI=1S/C27H31NO5/c1-18-9-12-22-26(2,21(18)11-10-20-14-16-32-24(20)30)15-13-23(29)28-27(22,3)17-33-25(31)19-7-5-4-6-8-19/h4-8,10-11,14,21-22H,1,9,12-13,15-17H2,2-3H3,(H,28,29)/b11-10+/t21-,22+,26+,27+/m1/s1. The van der Waals surface area contributed by atoms with Gasteiger partial charge in [0.1, 0.15) is 13.2 Å². The fraction of sp³-hybridized carbons (Fsp3) is 0.444. The van der Waals surface area contributed by atoms with Gasteiger partial charge in [-0.1, -0.05) is 49.4 Å². The van der Waals surface area contributed by atoms with E-state index < -0.39 is 11.5 Å². The summed E-state index contributed by atoms with van der Waals surface area (Å²) in [7, 11) is 0. The number of nitrogens with one attached hydrogen (secondary N) is 1. The van der Waals surface area contributed by atoms with Gasteiger partial charge in [-0.25, -0.2) is 9.59 Å². The van der Waals surface area contributed by atoms with Crippen LogP contribution in [0.25, 0.3) is 0 Å². The van der Waals surface area contributed by atoms with Crippen LogP contribution in [0.3, 0.4) is 0 Å². The third kappa shape index (κ3) is 4.52. The molecular formula is C27H31NO5. The van der Waals surface area contributed by atoms with Crippen LogP contribution in [0.4, 0.5) is 0 Å². The van der Waals surface area contributed by atoms with Gasteiger partial charge >= 0.3 is 11.9 Å². The fourth-order valence-electron chi connectivity index (χ4n) is 5.80. The smallest absolute Gasteiger partial charge is 0.338 e. The number of amides is 1. The first-order valence-electron chi connectivity index (χ1n) is 11.5. The van der Waals surface area contributed by atoms with E-state index in [-0.39, 0.29) is 35.7 Å². The van der Waals surface area contributed by atoms with Crippen molar-refractivity contribution in [3.05, 3.63) is 71.8 Å². The van der Waals surface area contributed by atoms with Crippen molar-refractivity contribution in [3.8, 4) is 0 Å². The largest absolute Gasteiger partial charge is 0.460 e. The number of hydrogen-bond acceptors (Lipinski definition) is 5. The summed E-state index contributed by atoms with van der Waals surface area (Å²) in [5.41, 5.74) is 1.12. The summed E-state index contributed by atoms with van der Waals surface area (Å²) in [6, 6.07) is 8.87. The van der Waals surface area contributed by atoms with Gasteiger partial charge in [0.2, 0.25) is 5.91 Å². The highest BCUT2D eigenvalue weighted by molar-refractivity contribution is 5.93. The molecule has 1 N–H and O–H groups in total. The van der Waals surface area contributed by atoms with Crippen LogP contribution in [0.2, 0.25) is 0 Å². The van der Waals surface area contributed by atoms with Crippen LogP contribution in [-0.2, 0) is 19.1 Å². The molecule has 1 saturated heterocycles. The molecular weight excluding hydrogens is 418 g/mol. The SMILES string of the molecule is C=C1CC[C@H]2[C@@](C)(CCC(=O)N[C@@]2(C)COC(=O)c2ccccc2)[C@@H]1/C=C/C1=CCOC1=O. The Morgan fingerprint density at radius 2 is 2.00 bits per heavy atom. The van der Waals surface area contributed by atoms with E-state index in [4.69, 9.17) is 9.47 Å². The number of ether oxygens (including phenoxy) is 2. The van der Waals surface area contributed by atoms with Crippen molar-refractivity contribution in [2.24, 2.45) is 17.3 Å². The monoisotopic (exact) mass is 449 g/mol. The maximum atomic E-state index is 12.7. The Labute approximate surface area is 194 Å². The average molecular weight is 450 g/mol. The summed E-state index contributed by atoms with van der Waals surface area (Å²) in [6.07, 6.45) is 8.35. The molecule has 1 saturated carbocycles. The fourth-order valence-corrected chi connectivity index (χ4v) is 5.80. The third-order valence-corrected chi connectivity index (χ3v) is 7.52. The van der Waals surface area contributed by atoms with E-state index in [0.717, 1.165) is 18.4 Å². The lowest BCUT2D eigenvalue weighted by Gasteiger charge is -2.53. The predicted molar refractivity (Wildman–Crippen MR) is 124 cm³/mol. The van der Waals surface area contributed by atoms with Gasteiger partial charge in [0, 0.05) is 12.3 Å². The first-order chi connectivity index (χ1) is 15.7. The summed E-state index contributed by atoms with van der Waals surface area (Å²) >= 11 is 0. The number of carbonyl (C=O) groups is 3. The van der Waals surface area contributed by atoms with Gasteiger partial charge in [-0.3, -0.25) is 4.79 Å². The molecule has 33 heavy (non-hydrogen) atoms. The molecule has 0 radical (unpaired) electrons. The number of esters is 2. The molecule has 1 aromatic rings. The molecule has 6 nitrogen and oxygen atoms in total. The quantitative estimate of drug-likeness (QED) is 0.540. The van der Waals surface area contributed by atoms with E-state index in [9.17, 15) is 14.4 Å². The Balaban J connectivity index is 1.60. The minimum Gasteiger partial charge on any atom is -0.460 e. The van der Waals surface area contributed by atoms with Crippen molar-refractivity contribution in [2.75, 3.05) is 13.2 Å². The lowest BCUT2D eigenvalue weighted by molar-refractivity contribution is -0.135. The van der Waals surface area contributed by atoms with Crippen LogP contribution in [-0.4, -0.2) is 36.6 Å². The molecule has 6 heteroatoms. The summed E-state index contributed by atoms with van der Waals surface area (Å²) in [5.74, 6) is -0.712.